The summed E-state index contributed by atoms with van der Waals surface area (Å²) >= 11 is 0. The molecule has 1 aliphatic rings. The first-order valence-electron chi connectivity index (χ1n) is 7.88. The molecule has 0 saturated heterocycles. The number of nitrogens with one attached hydrogen (secondary N) is 1. The minimum Gasteiger partial charge on any atom is -0.491 e. The standard InChI is InChI=1S/C19H16N2O3S/c22-25(23,21-18-13-24-19-4-2-1-3-17(18)19)16-7-5-14(6-8-16)15-9-11-20-12-10-15/h1-12,18,21H,13H2. The van der Waals surface area contributed by atoms with Gasteiger partial charge >= 0.3 is 0 Å². The summed E-state index contributed by atoms with van der Waals surface area (Å²) in [6, 6.07) is 17.7. The lowest BCUT2D eigenvalue weighted by atomic mass is 10.1. The lowest BCUT2D eigenvalue weighted by Crippen LogP contribution is -2.29. The fourth-order valence-electron chi connectivity index (χ4n) is 2.89. The Morgan fingerprint density at radius 2 is 1.60 bits per heavy atom. The van der Waals surface area contributed by atoms with E-state index in [-0.39, 0.29) is 10.9 Å². The van der Waals surface area contributed by atoms with Gasteiger partial charge in [-0.05, 0) is 41.5 Å². The van der Waals surface area contributed by atoms with E-state index in [4.69, 9.17) is 4.74 Å². The van der Waals surface area contributed by atoms with Crippen LogP contribution in [0.1, 0.15) is 11.6 Å². The second-order valence-electron chi connectivity index (χ2n) is 5.78. The van der Waals surface area contributed by atoms with E-state index >= 15 is 0 Å². The Kier molecular flexibility index (Phi) is 3.99. The van der Waals surface area contributed by atoms with Crippen LogP contribution in [0.15, 0.2) is 78.0 Å². The number of hydrogen-bond donors (Lipinski definition) is 1. The monoisotopic (exact) mass is 352 g/mol. The molecule has 1 unspecified atom stereocenters. The average Bonchev–Trinajstić information content (AvgIpc) is 3.05. The number of fused-ring (bicyclic) bond motifs is 1. The molecule has 1 atom stereocenters. The number of hydrogen-bond acceptors (Lipinski definition) is 4. The Balaban J connectivity index is 1.57. The maximum absolute atomic E-state index is 12.7. The fraction of sp³-hybridized carbons (Fsp3) is 0.105. The van der Waals surface area contributed by atoms with E-state index in [1.54, 1.807) is 36.7 Å². The van der Waals surface area contributed by atoms with Gasteiger partial charge in [0, 0.05) is 18.0 Å². The van der Waals surface area contributed by atoms with Gasteiger partial charge in [-0.15, -0.1) is 0 Å². The highest BCUT2D eigenvalue weighted by Gasteiger charge is 2.28. The van der Waals surface area contributed by atoms with Crippen LogP contribution in [0.2, 0.25) is 0 Å². The highest BCUT2D eigenvalue weighted by molar-refractivity contribution is 7.89. The molecule has 25 heavy (non-hydrogen) atoms. The van der Waals surface area contributed by atoms with Crippen molar-refractivity contribution in [1.82, 2.24) is 9.71 Å². The van der Waals surface area contributed by atoms with Crippen LogP contribution < -0.4 is 9.46 Å². The second kappa shape index (κ2) is 6.31. The number of aromatic nitrogens is 1. The van der Waals surface area contributed by atoms with Crippen molar-refractivity contribution in [2.45, 2.75) is 10.9 Å². The molecule has 4 rings (SSSR count). The summed E-state index contributed by atoms with van der Waals surface area (Å²) in [4.78, 5) is 4.22. The van der Waals surface area contributed by atoms with Gasteiger partial charge in [-0.1, -0.05) is 30.3 Å². The third-order valence-corrected chi connectivity index (χ3v) is 5.66. The lowest BCUT2D eigenvalue weighted by Gasteiger charge is -2.13. The Bertz CT molecular complexity index is 987. The molecule has 1 aromatic heterocycles. The quantitative estimate of drug-likeness (QED) is 0.783. The summed E-state index contributed by atoms with van der Waals surface area (Å²) in [5, 5.41) is 0. The third kappa shape index (κ3) is 3.14. The zero-order chi connectivity index (χ0) is 17.3. The number of sulfonamides is 1. The van der Waals surface area contributed by atoms with Crippen LogP contribution in [0.4, 0.5) is 0 Å². The van der Waals surface area contributed by atoms with Crippen molar-refractivity contribution < 1.29 is 13.2 Å². The molecular weight excluding hydrogens is 336 g/mol. The number of nitrogens with zero attached hydrogens (tertiary/aromatic N) is 1. The molecule has 1 aliphatic heterocycles. The predicted octanol–water partition coefficient (Wildman–Crippen LogP) is 3.16. The van der Waals surface area contributed by atoms with Crippen LogP contribution in [0.5, 0.6) is 5.75 Å². The molecule has 1 N–H and O–H groups in total. The van der Waals surface area contributed by atoms with E-state index in [1.807, 2.05) is 36.4 Å². The van der Waals surface area contributed by atoms with E-state index in [1.165, 1.54) is 0 Å². The van der Waals surface area contributed by atoms with Gasteiger partial charge in [0.15, 0.2) is 0 Å². The average molecular weight is 352 g/mol. The zero-order valence-electron chi connectivity index (χ0n) is 13.3. The summed E-state index contributed by atoms with van der Waals surface area (Å²) in [6.07, 6.45) is 3.41. The third-order valence-electron chi connectivity index (χ3n) is 4.18. The van der Waals surface area contributed by atoms with Gasteiger partial charge in [-0.25, -0.2) is 13.1 Å². The first-order valence-corrected chi connectivity index (χ1v) is 9.36. The molecule has 2 heterocycles. The van der Waals surface area contributed by atoms with E-state index in [9.17, 15) is 8.42 Å². The number of para-hydroxylation sites is 1. The summed E-state index contributed by atoms with van der Waals surface area (Å²) < 4.78 is 33.6. The van der Waals surface area contributed by atoms with E-state index < -0.39 is 10.0 Å². The van der Waals surface area contributed by atoms with Crippen molar-refractivity contribution >= 4 is 10.0 Å². The smallest absolute Gasteiger partial charge is 0.241 e. The predicted molar refractivity (Wildman–Crippen MR) is 94.7 cm³/mol. The number of pyridine rings is 1. The molecular formula is C19H16N2O3S. The van der Waals surface area contributed by atoms with Gasteiger partial charge in [0.05, 0.1) is 10.9 Å². The minimum absolute atomic E-state index is 0.231. The molecule has 2 aromatic carbocycles. The maximum Gasteiger partial charge on any atom is 0.241 e. The fourth-order valence-corrected chi connectivity index (χ4v) is 4.09. The molecule has 5 nitrogen and oxygen atoms in total. The number of benzene rings is 2. The van der Waals surface area contributed by atoms with Gasteiger partial charge in [0.2, 0.25) is 10.0 Å². The highest BCUT2D eigenvalue weighted by Crippen LogP contribution is 2.32. The van der Waals surface area contributed by atoms with Crippen molar-refractivity contribution in [2.75, 3.05) is 6.61 Å². The SMILES string of the molecule is O=S(=O)(NC1COc2ccccc21)c1ccc(-c2ccncc2)cc1. The van der Waals surface area contributed by atoms with Crippen LogP contribution in [-0.2, 0) is 10.0 Å². The topological polar surface area (TPSA) is 68.3 Å². The molecule has 0 fully saturated rings. The molecule has 0 spiro atoms. The van der Waals surface area contributed by atoms with Crippen molar-refractivity contribution in [2.24, 2.45) is 0 Å². The normalized spacial score (nSPS) is 16.2. The lowest BCUT2D eigenvalue weighted by molar-refractivity contribution is 0.325. The summed E-state index contributed by atoms with van der Waals surface area (Å²) in [5.74, 6) is 0.725. The Morgan fingerprint density at radius 3 is 2.36 bits per heavy atom. The molecule has 0 aliphatic carbocycles. The molecule has 3 aromatic rings. The van der Waals surface area contributed by atoms with Crippen molar-refractivity contribution in [1.29, 1.82) is 0 Å². The second-order valence-corrected chi connectivity index (χ2v) is 7.50. The van der Waals surface area contributed by atoms with Gasteiger partial charge in [-0.2, -0.15) is 0 Å². The van der Waals surface area contributed by atoms with Crippen molar-refractivity contribution in [3.8, 4) is 16.9 Å². The van der Waals surface area contributed by atoms with Gasteiger partial charge in [0.25, 0.3) is 0 Å². The van der Waals surface area contributed by atoms with Gasteiger partial charge < -0.3 is 4.74 Å². The number of rotatable bonds is 4. The van der Waals surface area contributed by atoms with Crippen LogP contribution in [0.3, 0.4) is 0 Å². The molecule has 126 valence electrons. The summed E-state index contributed by atoms with van der Waals surface area (Å²) in [6.45, 7) is 0.299. The minimum atomic E-state index is -3.63. The Labute approximate surface area is 146 Å². The molecule has 0 radical (unpaired) electrons. The maximum atomic E-state index is 12.7. The number of ether oxygens (including phenoxy) is 1. The van der Waals surface area contributed by atoms with Crippen LogP contribution in [0.25, 0.3) is 11.1 Å². The van der Waals surface area contributed by atoms with Gasteiger partial charge in [0.1, 0.15) is 12.4 Å². The summed E-state index contributed by atoms with van der Waals surface area (Å²) in [5.41, 5.74) is 2.79. The Hall–Kier alpha value is -2.70. The van der Waals surface area contributed by atoms with Gasteiger partial charge in [-0.3, -0.25) is 4.98 Å². The molecule has 0 saturated carbocycles. The Morgan fingerprint density at radius 1 is 0.920 bits per heavy atom. The molecule has 6 heteroatoms. The first kappa shape index (κ1) is 15.8. The van der Waals surface area contributed by atoms with E-state index in [2.05, 4.69) is 9.71 Å². The molecule has 0 amide bonds. The van der Waals surface area contributed by atoms with Crippen LogP contribution in [-0.4, -0.2) is 20.0 Å². The zero-order valence-corrected chi connectivity index (χ0v) is 14.1. The van der Waals surface area contributed by atoms with Crippen LogP contribution in [0, 0.1) is 0 Å². The first-order chi connectivity index (χ1) is 12.1. The van der Waals surface area contributed by atoms with Crippen molar-refractivity contribution in [3.05, 3.63) is 78.6 Å². The molecule has 0 bridgehead atoms. The summed E-state index contributed by atoms with van der Waals surface area (Å²) in [7, 11) is -3.63. The van der Waals surface area contributed by atoms with Crippen molar-refractivity contribution in [3.63, 3.8) is 0 Å². The highest BCUT2D eigenvalue weighted by atomic mass is 32.2. The van der Waals surface area contributed by atoms with E-state index in [0.29, 0.717) is 6.61 Å². The van der Waals surface area contributed by atoms with Crippen LogP contribution >= 0.6 is 0 Å². The van der Waals surface area contributed by atoms with E-state index in [0.717, 1.165) is 22.4 Å². The largest absolute Gasteiger partial charge is 0.491 e.